The first-order valence-electron chi connectivity index (χ1n) is 6.46. The molecule has 2 nitrogen and oxygen atoms in total. The Balaban J connectivity index is 1.77. The summed E-state index contributed by atoms with van der Waals surface area (Å²) >= 11 is 0. The van der Waals surface area contributed by atoms with E-state index < -0.39 is 17.2 Å². The van der Waals surface area contributed by atoms with Crippen LogP contribution in [0, 0.1) is 11.6 Å². The number of halogens is 2. The van der Waals surface area contributed by atoms with Crippen molar-refractivity contribution in [3.8, 4) is 0 Å². The third-order valence-electron chi connectivity index (χ3n) is 4.10. The molecule has 2 bridgehead atoms. The number of rotatable bonds is 2. The molecule has 2 N–H and O–H groups in total. The lowest BCUT2D eigenvalue weighted by Crippen LogP contribution is -2.49. The van der Waals surface area contributed by atoms with E-state index in [-0.39, 0.29) is 0 Å². The van der Waals surface area contributed by atoms with Crippen LogP contribution in [0.1, 0.15) is 31.2 Å². The van der Waals surface area contributed by atoms with Gasteiger partial charge in [-0.15, -0.1) is 0 Å². The highest BCUT2D eigenvalue weighted by atomic mass is 19.2. The highest BCUT2D eigenvalue weighted by Gasteiger charge is 2.42. The van der Waals surface area contributed by atoms with E-state index in [9.17, 15) is 13.9 Å². The molecule has 2 heterocycles. The maximum atomic E-state index is 13.2. The fourth-order valence-electron chi connectivity index (χ4n) is 3.40. The summed E-state index contributed by atoms with van der Waals surface area (Å²) in [6, 6.07) is 4.62. The van der Waals surface area contributed by atoms with Crippen molar-refractivity contribution in [3.63, 3.8) is 0 Å². The van der Waals surface area contributed by atoms with Gasteiger partial charge in [-0.2, -0.15) is 0 Å². The van der Waals surface area contributed by atoms with Gasteiger partial charge in [0.1, 0.15) is 0 Å². The SMILES string of the molecule is OC1(Cc2ccc(F)c(F)c2)CC2CCC(C1)N2. The van der Waals surface area contributed by atoms with Crippen LogP contribution in [0.15, 0.2) is 18.2 Å². The molecule has 0 amide bonds. The summed E-state index contributed by atoms with van der Waals surface area (Å²) in [4.78, 5) is 0. The Labute approximate surface area is 105 Å². The van der Waals surface area contributed by atoms with Crippen LogP contribution in [0.2, 0.25) is 0 Å². The van der Waals surface area contributed by atoms with E-state index in [4.69, 9.17) is 0 Å². The number of hydrogen-bond donors (Lipinski definition) is 2. The highest BCUT2D eigenvalue weighted by molar-refractivity contribution is 5.20. The molecule has 98 valence electrons. The fraction of sp³-hybridized carbons (Fsp3) is 0.571. The molecule has 0 aromatic heterocycles. The van der Waals surface area contributed by atoms with E-state index in [0.29, 0.717) is 36.9 Å². The van der Waals surface area contributed by atoms with Crippen LogP contribution in [-0.2, 0) is 6.42 Å². The standard InChI is InChI=1S/C14H17F2NO/c15-12-4-1-9(5-13(12)16)6-14(18)7-10-2-3-11(8-14)17-10/h1,4-5,10-11,17-18H,2-3,6-8H2. The first-order chi connectivity index (χ1) is 8.54. The summed E-state index contributed by atoms with van der Waals surface area (Å²) in [6.07, 6.45) is 4.00. The van der Waals surface area contributed by atoms with Crippen molar-refractivity contribution in [2.45, 2.75) is 49.8 Å². The van der Waals surface area contributed by atoms with Crippen molar-refractivity contribution in [3.05, 3.63) is 35.4 Å². The third-order valence-corrected chi connectivity index (χ3v) is 4.10. The number of fused-ring (bicyclic) bond motifs is 2. The zero-order valence-corrected chi connectivity index (χ0v) is 10.1. The Morgan fingerprint density at radius 1 is 1.17 bits per heavy atom. The Morgan fingerprint density at radius 3 is 2.44 bits per heavy atom. The fourth-order valence-corrected chi connectivity index (χ4v) is 3.40. The van der Waals surface area contributed by atoms with E-state index in [2.05, 4.69) is 5.32 Å². The normalized spacial score (nSPS) is 34.8. The lowest BCUT2D eigenvalue weighted by molar-refractivity contribution is -0.00614. The average Bonchev–Trinajstić information content (AvgIpc) is 2.64. The minimum absolute atomic E-state index is 0.374. The third kappa shape index (κ3) is 2.27. The number of hydrogen-bond acceptors (Lipinski definition) is 2. The Hall–Kier alpha value is -1.00. The molecule has 0 aliphatic carbocycles. The molecule has 3 rings (SSSR count). The molecule has 0 spiro atoms. The molecule has 2 unspecified atom stereocenters. The van der Waals surface area contributed by atoms with Gasteiger partial charge in [-0.3, -0.25) is 0 Å². The maximum Gasteiger partial charge on any atom is 0.159 e. The van der Waals surface area contributed by atoms with E-state index in [1.54, 1.807) is 6.07 Å². The predicted octanol–water partition coefficient (Wildman–Crippen LogP) is 2.15. The van der Waals surface area contributed by atoms with Gasteiger partial charge in [-0.1, -0.05) is 6.07 Å². The van der Waals surface area contributed by atoms with Crippen LogP contribution in [0.4, 0.5) is 8.78 Å². The summed E-state index contributed by atoms with van der Waals surface area (Å²) in [6.45, 7) is 0. The van der Waals surface area contributed by atoms with Gasteiger partial charge in [0.2, 0.25) is 0 Å². The summed E-state index contributed by atoms with van der Waals surface area (Å²) in [5.41, 5.74) is -0.112. The lowest BCUT2D eigenvalue weighted by atomic mass is 9.82. The molecule has 1 aromatic carbocycles. The number of aliphatic hydroxyl groups is 1. The largest absolute Gasteiger partial charge is 0.389 e. The molecule has 2 aliphatic rings. The Bertz CT molecular complexity index is 451. The van der Waals surface area contributed by atoms with Crippen molar-refractivity contribution in [2.75, 3.05) is 0 Å². The molecule has 18 heavy (non-hydrogen) atoms. The van der Waals surface area contributed by atoms with Gasteiger partial charge in [0.15, 0.2) is 11.6 Å². The van der Waals surface area contributed by atoms with Crippen molar-refractivity contribution in [1.82, 2.24) is 5.32 Å². The highest BCUT2D eigenvalue weighted by Crippen LogP contribution is 2.36. The van der Waals surface area contributed by atoms with E-state index in [1.165, 1.54) is 6.07 Å². The monoisotopic (exact) mass is 253 g/mol. The first kappa shape index (κ1) is 12.1. The van der Waals surface area contributed by atoms with Gasteiger partial charge in [-0.05, 0) is 43.4 Å². The zero-order valence-electron chi connectivity index (χ0n) is 10.1. The molecular formula is C14H17F2NO. The van der Waals surface area contributed by atoms with Crippen LogP contribution >= 0.6 is 0 Å². The van der Waals surface area contributed by atoms with Crippen molar-refractivity contribution in [2.24, 2.45) is 0 Å². The Kier molecular flexibility index (Phi) is 2.87. The minimum atomic E-state index is -0.840. The summed E-state index contributed by atoms with van der Waals surface area (Å²) in [5, 5.41) is 14.1. The van der Waals surface area contributed by atoms with Crippen LogP contribution in [0.25, 0.3) is 0 Å². The molecule has 2 aliphatic heterocycles. The maximum absolute atomic E-state index is 13.2. The molecule has 1 aromatic rings. The number of piperidine rings is 1. The van der Waals surface area contributed by atoms with Crippen molar-refractivity contribution >= 4 is 0 Å². The minimum Gasteiger partial charge on any atom is -0.389 e. The molecule has 2 atom stereocenters. The number of nitrogens with one attached hydrogen (secondary N) is 1. The van der Waals surface area contributed by atoms with Crippen LogP contribution in [0.3, 0.4) is 0 Å². The van der Waals surface area contributed by atoms with Gasteiger partial charge < -0.3 is 10.4 Å². The summed E-state index contributed by atoms with van der Waals surface area (Å²) < 4.78 is 26.0. The van der Waals surface area contributed by atoms with E-state index in [1.807, 2.05) is 0 Å². The van der Waals surface area contributed by atoms with E-state index >= 15 is 0 Å². The van der Waals surface area contributed by atoms with Crippen molar-refractivity contribution < 1.29 is 13.9 Å². The zero-order chi connectivity index (χ0) is 12.8. The predicted molar refractivity (Wildman–Crippen MR) is 64.2 cm³/mol. The molecular weight excluding hydrogens is 236 g/mol. The summed E-state index contributed by atoms with van der Waals surface area (Å²) in [5.74, 6) is -1.68. The second-order valence-corrected chi connectivity index (χ2v) is 5.70. The van der Waals surface area contributed by atoms with Gasteiger partial charge in [0.05, 0.1) is 5.60 Å². The van der Waals surface area contributed by atoms with Gasteiger partial charge in [-0.25, -0.2) is 8.78 Å². The average molecular weight is 253 g/mol. The lowest BCUT2D eigenvalue weighted by Gasteiger charge is -2.37. The van der Waals surface area contributed by atoms with Crippen LogP contribution in [-0.4, -0.2) is 22.8 Å². The molecule has 0 saturated carbocycles. The first-order valence-corrected chi connectivity index (χ1v) is 6.46. The van der Waals surface area contributed by atoms with Gasteiger partial charge in [0, 0.05) is 18.5 Å². The van der Waals surface area contributed by atoms with Crippen LogP contribution < -0.4 is 5.32 Å². The van der Waals surface area contributed by atoms with Gasteiger partial charge >= 0.3 is 0 Å². The van der Waals surface area contributed by atoms with Crippen molar-refractivity contribution in [1.29, 1.82) is 0 Å². The second-order valence-electron chi connectivity index (χ2n) is 5.70. The van der Waals surface area contributed by atoms with E-state index in [0.717, 1.165) is 18.9 Å². The van der Waals surface area contributed by atoms with Gasteiger partial charge in [0.25, 0.3) is 0 Å². The topological polar surface area (TPSA) is 32.3 Å². The summed E-state index contributed by atoms with van der Waals surface area (Å²) in [7, 11) is 0. The molecule has 0 radical (unpaired) electrons. The molecule has 2 saturated heterocycles. The Morgan fingerprint density at radius 2 is 1.83 bits per heavy atom. The quantitative estimate of drug-likeness (QED) is 0.846. The molecule has 4 heteroatoms. The smallest absolute Gasteiger partial charge is 0.159 e. The number of benzene rings is 1. The second kappa shape index (κ2) is 4.28. The molecule has 2 fully saturated rings. The van der Waals surface area contributed by atoms with Crippen LogP contribution in [0.5, 0.6) is 0 Å².